The smallest absolute Gasteiger partial charge is 0.190 e. The number of thiocarbonyl (C=S) groups is 1. The third-order valence-corrected chi connectivity index (χ3v) is 3.34. The molecule has 1 aromatic heterocycles. The van der Waals surface area contributed by atoms with Crippen LogP contribution >= 0.6 is 23.8 Å². The summed E-state index contributed by atoms with van der Waals surface area (Å²) in [4.78, 5) is 4.25. The molecule has 0 bridgehead atoms. The summed E-state index contributed by atoms with van der Waals surface area (Å²) in [5, 5.41) is 3.32. The first kappa shape index (κ1) is 13.8. The Morgan fingerprint density at radius 3 is 2.86 bits per heavy atom. The van der Waals surface area contributed by atoms with E-state index in [0.29, 0.717) is 10.8 Å². The van der Waals surface area contributed by atoms with E-state index in [1.807, 2.05) is 24.3 Å². The summed E-state index contributed by atoms with van der Waals surface area (Å²) in [6, 6.07) is 12.0. The van der Waals surface area contributed by atoms with Crippen molar-refractivity contribution in [3.05, 3.63) is 59.6 Å². The molecular weight excluding hydrogens is 311 g/mol. The average Bonchev–Trinajstić information content (AvgIpc) is 2.86. The third kappa shape index (κ3) is 2.96. The van der Waals surface area contributed by atoms with Crippen LogP contribution in [0.1, 0.15) is 0 Å². The van der Waals surface area contributed by atoms with Crippen LogP contribution in [-0.2, 0) is 0 Å². The Morgan fingerprint density at radius 2 is 2.05 bits per heavy atom. The fraction of sp³-hybridized carbons (Fsp3) is 0. The molecule has 2 aromatic carbocycles. The highest BCUT2D eigenvalue weighted by Crippen LogP contribution is 2.19. The number of para-hydroxylation sites is 2. The molecule has 0 aliphatic carbocycles. The summed E-state index contributed by atoms with van der Waals surface area (Å²) in [6.45, 7) is 0. The van der Waals surface area contributed by atoms with Crippen molar-refractivity contribution in [2.24, 2.45) is 0 Å². The fourth-order valence-corrected chi connectivity index (χ4v) is 2.29. The van der Waals surface area contributed by atoms with Crippen molar-refractivity contribution >= 4 is 45.7 Å². The Labute approximate surface area is 130 Å². The maximum Gasteiger partial charge on any atom is 0.190 e. The molecule has 0 fully saturated rings. The zero-order valence-electron chi connectivity index (χ0n) is 10.7. The molecule has 4 nitrogen and oxygen atoms in total. The minimum atomic E-state index is -0.471. The van der Waals surface area contributed by atoms with Gasteiger partial charge >= 0.3 is 0 Å². The topological polar surface area (TPSA) is 41.9 Å². The number of anilines is 1. The normalized spacial score (nSPS) is 10.6. The predicted molar refractivity (Wildman–Crippen MR) is 86.7 cm³/mol. The molecule has 0 aliphatic heterocycles. The molecule has 106 valence electrons. The zero-order chi connectivity index (χ0) is 14.8. The van der Waals surface area contributed by atoms with E-state index in [0.717, 1.165) is 11.0 Å². The quantitative estimate of drug-likeness (QED) is 0.705. The molecular formula is C14H10ClFN4S. The van der Waals surface area contributed by atoms with Gasteiger partial charge in [0, 0.05) is 5.69 Å². The Balaban J connectivity index is 1.75. The molecule has 0 saturated heterocycles. The molecule has 0 atom stereocenters. The molecule has 1 heterocycles. The van der Waals surface area contributed by atoms with Crippen LogP contribution in [-0.4, -0.2) is 14.8 Å². The van der Waals surface area contributed by atoms with E-state index in [2.05, 4.69) is 15.7 Å². The summed E-state index contributed by atoms with van der Waals surface area (Å²) in [5.41, 5.74) is 5.35. The number of nitrogens with zero attached hydrogens (tertiary/aromatic N) is 2. The molecule has 0 spiro atoms. The lowest BCUT2D eigenvalue weighted by Crippen LogP contribution is -2.26. The maximum atomic E-state index is 13.1. The number of benzene rings is 2. The summed E-state index contributed by atoms with van der Waals surface area (Å²) in [7, 11) is 0. The van der Waals surface area contributed by atoms with Crippen LogP contribution in [0, 0.1) is 5.82 Å². The van der Waals surface area contributed by atoms with Crippen LogP contribution in [0.2, 0.25) is 5.02 Å². The molecule has 21 heavy (non-hydrogen) atoms. The largest absolute Gasteiger partial charge is 0.331 e. The van der Waals surface area contributed by atoms with Gasteiger partial charge in [0.1, 0.15) is 12.1 Å². The van der Waals surface area contributed by atoms with E-state index in [4.69, 9.17) is 23.8 Å². The number of fused-ring (bicyclic) bond motifs is 1. The van der Waals surface area contributed by atoms with E-state index in [1.54, 1.807) is 17.1 Å². The number of nitrogens with one attached hydrogen (secondary N) is 2. The number of aromatic nitrogens is 2. The second-order valence-electron chi connectivity index (χ2n) is 4.30. The highest BCUT2D eigenvalue weighted by molar-refractivity contribution is 7.80. The van der Waals surface area contributed by atoms with Gasteiger partial charge in [-0.05, 0) is 42.5 Å². The molecule has 2 N–H and O–H groups in total. The lowest BCUT2D eigenvalue weighted by molar-refractivity contribution is 0.628. The van der Waals surface area contributed by atoms with Gasteiger partial charge in [0.2, 0.25) is 0 Å². The number of hydrogen-bond acceptors (Lipinski definition) is 2. The second-order valence-corrected chi connectivity index (χ2v) is 5.11. The number of halogens is 2. The second kappa shape index (κ2) is 5.67. The number of rotatable bonds is 2. The molecule has 0 aliphatic rings. The van der Waals surface area contributed by atoms with Crippen molar-refractivity contribution in [1.82, 2.24) is 9.66 Å². The van der Waals surface area contributed by atoms with E-state index in [1.165, 1.54) is 12.1 Å². The van der Waals surface area contributed by atoms with Gasteiger partial charge in [-0.1, -0.05) is 23.7 Å². The lowest BCUT2D eigenvalue weighted by atomic mass is 10.3. The minimum absolute atomic E-state index is 0.0379. The summed E-state index contributed by atoms with van der Waals surface area (Å²) in [6.07, 6.45) is 1.64. The fourth-order valence-electron chi connectivity index (χ4n) is 1.89. The first-order valence-corrected chi connectivity index (χ1v) is 6.87. The van der Waals surface area contributed by atoms with Crippen molar-refractivity contribution in [3.63, 3.8) is 0 Å². The van der Waals surface area contributed by atoms with Crippen molar-refractivity contribution in [2.45, 2.75) is 0 Å². The van der Waals surface area contributed by atoms with Gasteiger partial charge in [-0.15, -0.1) is 0 Å². The summed E-state index contributed by atoms with van der Waals surface area (Å²) < 4.78 is 14.8. The predicted octanol–water partition coefficient (Wildman–Crippen LogP) is 3.77. The van der Waals surface area contributed by atoms with Gasteiger partial charge in [-0.25, -0.2) is 14.1 Å². The van der Waals surface area contributed by atoms with Crippen molar-refractivity contribution < 1.29 is 4.39 Å². The minimum Gasteiger partial charge on any atom is -0.331 e. The Morgan fingerprint density at radius 1 is 1.24 bits per heavy atom. The first-order chi connectivity index (χ1) is 10.1. The third-order valence-electron chi connectivity index (χ3n) is 2.85. The standard InChI is InChI=1S/C14H10ClFN4S/c15-10-7-9(5-6-11(10)16)18-14(21)19-20-8-17-12-3-1-2-4-13(12)20/h1-8H,(H2,18,19,21). The highest BCUT2D eigenvalue weighted by atomic mass is 35.5. The van der Waals surface area contributed by atoms with Crippen LogP contribution in [0.4, 0.5) is 10.1 Å². The molecule has 7 heteroatoms. The van der Waals surface area contributed by atoms with E-state index in [-0.39, 0.29) is 5.02 Å². The Hall–Kier alpha value is -2.18. The number of imidazole rings is 1. The van der Waals surface area contributed by atoms with Crippen molar-refractivity contribution in [3.8, 4) is 0 Å². The van der Waals surface area contributed by atoms with Crippen LogP contribution in [0.3, 0.4) is 0 Å². The molecule has 0 unspecified atom stereocenters. The highest BCUT2D eigenvalue weighted by Gasteiger charge is 2.05. The molecule has 0 amide bonds. The van der Waals surface area contributed by atoms with Crippen molar-refractivity contribution in [2.75, 3.05) is 10.7 Å². The SMILES string of the molecule is Fc1ccc(NC(=S)Nn2cnc3ccccc32)cc1Cl. The van der Waals surface area contributed by atoms with Gasteiger partial charge < -0.3 is 5.32 Å². The van der Waals surface area contributed by atoms with E-state index >= 15 is 0 Å². The van der Waals surface area contributed by atoms with Crippen LogP contribution in [0.5, 0.6) is 0 Å². The maximum absolute atomic E-state index is 13.1. The zero-order valence-corrected chi connectivity index (χ0v) is 12.2. The van der Waals surface area contributed by atoms with Crippen LogP contribution < -0.4 is 10.7 Å². The Kier molecular flexibility index (Phi) is 3.72. The Bertz CT molecular complexity index is 818. The van der Waals surface area contributed by atoms with Crippen LogP contribution in [0.25, 0.3) is 11.0 Å². The van der Waals surface area contributed by atoms with Gasteiger partial charge in [-0.2, -0.15) is 0 Å². The molecule has 3 aromatic rings. The molecule has 0 radical (unpaired) electrons. The number of hydrogen-bond donors (Lipinski definition) is 2. The summed E-state index contributed by atoms with van der Waals surface area (Å²) >= 11 is 10.9. The molecule has 3 rings (SSSR count). The van der Waals surface area contributed by atoms with Crippen molar-refractivity contribution in [1.29, 1.82) is 0 Å². The van der Waals surface area contributed by atoms with Gasteiger partial charge in [0.25, 0.3) is 0 Å². The lowest BCUT2D eigenvalue weighted by Gasteiger charge is -2.12. The monoisotopic (exact) mass is 320 g/mol. The summed E-state index contributed by atoms with van der Waals surface area (Å²) in [5.74, 6) is -0.471. The molecule has 0 saturated carbocycles. The van der Waals surface area contributed by atoms with Crippen LogP contribution in [0.15, 0.2) is 48.8 Å². The first-order valence-electron chi connectivity index (χ1n) is 6.08. The van der Waals surface area contributed by atoms with E-state index in [9.17, 15) is 4.39 Å². The van der Waals surface area contributed by atoms with Gasteiger partial charge in [0.15, 0.2) is 5.11 Å². The van der Waals surface area contributed by atoms with Gasteiger partial charge in [0.05, 0.1) is 16.1 Å². The average molecular weight is 321 g/mol. The van der Waals surface area contributed by atoms with Gasteiger partial charge in [-0.3, -0.25) is 5.43 Å². The van der Waals surface area contributed by atoms with E-state index < -0.39 is 5.82 Å².